The number of anilines is 1. The van der Waals surface area contributed by atoms with Crippen molar-refractivity contribution in [3.8, 4) is 5.88 Å². The van der Waals surface area contributed by atoms with Gasteiger partial charge < -0.3 is 10.1 Å². The highest BCUT2D eigenvalue weighted by Crippen LogP contribution is 2.30. The fraction of sp³-hybridized carbons (Fsp3) is 0.667. The fourth-order valence-electron chi connectivity index (χ4n) is 1.97. The van der Waals surface area contributed by atoms with Crippen LogP contribution in [0.1, 0.15) is 31.9 Å². The zero-order valence-electron chi connectivity index (χ0n) is 10.2. The van der Waals surface area contributed by atoms with E-state index < -0.39 is 0 Å². The minimum absolute atomic E-state index is 0.445. The summed E-state index contributed by atoms with van der Waals surface area (Å²) in [6.07, 6.45) is 3.99. The lowest BCUT2D eigenvalue weighted by molar-refractivity contribution is 0.284. The topological polar surface area (TPSA) is 47.0 Å². The number of nitrogens with zero attached hydrogens (tertiary/aromatic N) is 2. The zero-order valence-corrected chi connectivity index (χ0v) is 10.2. The third-order valence-corrected chi connectivity index (χ3v) is 3.25. The van der Waals surface area contributed by atoms with Crippen LogP contribution in [0.3, 0.4) is 0 Å². The molecule has 1 atom stereocenters. The third-order valence-electron chi connectivity index (χ3n) is 3.25. The number of nitrogens with one attached hydrogen (secondary N) is 1. The van der Waals surface area contributed by atoms with Crippen LogP contribution in [-0.4, -0.2) is 23.1 Å². The van der Waals surface area contributed by atoms with E-state index in [4.69, 9.17) is 4.74 Å². The first-order chi connectivity index (χ1) is 7.69. The molecule has 0 radical (unpaired) electrons. The first-order valence-electron chi connectivity index (χ1n) is 5.85. The Morgan fingerprint density at radius 3 is 2.75 bits per heavy atom. The van der Waals surface area contributed by atoms with Gasteiger partial charge in [0.2, 0.25) is 11.8 Å². The van der Waals surface area contributed by atoms with Gasteiger partial charge in [0, 0.05) is 17.8 Å². The van der Waals surface area contributed by atoms with E-state index in [1.54, 1.807) is 7.11 Å². The first kappa shape index (κ1) is 11.2. The first-order valence-corrected chi connectivity index (χ1v) is 5.85. The molecule has 1 aromatic rings. The molecule has 1 aliphatic carbocycles. The molecule has 16 heavy (non-hydrogen) atoms. The Bertz CT molecular complexity index is 363. The molecular formula is C12H19N3O. The van der Waals surface area contributed by atoms with Gasteiger partial charge in [-0.05, 0) is 32.6 Å². The molecule has 4 nitrogen and oxygen atoms in total. The van der Waals surface area contributed by atoms with Gasteiger partial charge in [-0.25, -0.2) is 4.98 Å². The highest BCUT2D eigenvalue weighted by molar-refractivity contribution is 5.31. The monoisotopic (exact) mass is 221 g/mol. The molecule has 0 aliphatic heterocycles. The maximum atomic E-state index is 5.13. The van der Waals surface area contributed by atoms with E-state index in [-0.39, 0.29) is 0 Å². The van der Waals surface area contributed by atoms with Crippen LogP contribution in [0.25, 0.3) is 0 Å². The second-order valence-corrected chi connectivity index (χ2v) is 4.50. The lowest BCUT2D eigenvalue weighted by Gasteiger charge is -2.31. The maximum Gasteiger partial charge on any atom is 0.226 e. The summed E-state index contributed by atoms with van der Waals surface area (Å²) in [5, 5.41) is 3.36. The Morgan fingerprint density at radius 1 is 1.44 bits per heavy atom. The normalized spacial score (nSPS) is 17.7. The summed E-state index contributed by atoms with van der Waals surface area (Å²) in [4.78, 5) is 8.65. The van der Waals surface area contributed by atoms with E-state index >= 15 is 0 Å². The summed E-state index contributed by atoms with van der Waals surface area (Å²) >= 11 is 0. The van der Waals surface area contributed by atoms with Crippen LogP contribution in [0.2, 0.25) is 0 Å². The van der Waals surface area contributed by atoms with Crippen molar-refractivity contribution in [2.45, 2.75) is 39.2 Å². The Balaban J connectivity index is 2.04. The molecule has 1 aliphatic rings. The molecule has 0 amide bonds. The largest absolute Gasteiger partial charge is 0.481 e. The predicted octanol–water partition coefficient (Wildman–Crippen LogP) is 2.39. The molecular weight excluding hydrogens is 202 g/mol. The molecule has 0 saturated heterocycles. The van der Waals surface area contributed by atoms with Crippen molar-refractivity contribution < 1.29 is 4.74 Å². The average Bonchev–Trinajstić information content (AvgIpc) is 2.13. The molecule has 1 N–H and O–H groups in total. The van der Waals surface area contributed by atoms with Crippen molar-refractivity contribution >= 4 is 5.95 Å². The van der Waals surface area contributed by atoms with Crippen molar-refractivity contribution in [3.05, 3.63) is 11.8 Å². The van der Waals surface area contributed by atoms with Crippen molar-refractivity contribution in [1.29, 1.82) is 0 Å². The fourth-order valence-corrected chi connectivity index (χ4v) is 1.97. The highest BCUT2D eigenvalue weighted by atomic mass is 16.5. The zero-order chi connectivity index (χ0) is 11.5. The molecule has 1 fully saturated rings. The number of hydrogen-bond donors (Lipinski definition) is 1. The van der Waals surface area contributed by atoms with E-state index in [2.05, 4.69) is 22.2 Å². The summed E-state index contributed by atoms with van der Waals surface area (Å²) in [7, 11) is 1.63. The minimum atomic E-state index is 0.445. The van der Waals surface area contributed by atoms with Gasteiger partial charge in [-0.3, -0.25) is 0 Å². The minimum Gasteiger partial charge on any atom is -0.481 e. The van der Waals surface area contributed by atoms with Crippen LogP contribution in [0, 0.1) is 12.8 Å². The molecule has 4 heteroatoms. The van der Waals surface area contributed by atoms with Gasteiger partial charge in [0.25, 0.3) is 0 Å². The maximum absolute atomic E-state index is 5.13. The molecule has 0 aromatic carbocycles. The van der Waals surface area contributed by atoms with Crippen LogP contribution in [0.5, 0.6) is 5.88 Å². The SMILES string of the molecule is COc1cc(C)nc(NC(C)C2CCC2)n1. The summed E-state index contributed by atoms with van der Waals surface area (Å²) in [6.45, 7) is 4.14. The smallest absolute Gasteiger partial charge is 0.226 e. The molecule has 88 valence electrons. The van der Waals surface area contributed by atoms with Crippen LogP contribution in [-0.2, 0) is 0 Å². The summed E-state index contributed by atoms with van der Waals surface area (Å²) in [5.74, 6) is 2.07. The van der Waals surface area contributed by atoms with Gasteiger partial charge >= 0.3 is 0 Å². The Labute approximate surface area is 96.4 Å². The van der Waals surface area contributed by atoms with Gasteiger partial charge in [0.05, 0.1) is 7.11 Å². The van der Waals surface area contributed by atoms with Crippen LogP contribution in [0.4, 0.5) is 5.95 Å². The quantitative estimate of drug-likeness (QED) is 0.848. The predicted molar refractivity (Wildman–Crippen MR) is 63.7 cm³/mol. The van der Waals surface area contributed by atoms with Gasteiger partial charge in [-0.2, -0.15) is 4.98 Å². The molecule has 1 aromatic heterocycles. The van der Waals surface area contributed by atoms with E-state index in [0.29, 0.717) is 17.9 Å². The van der Waals surface area contributed by atoms with Crippen molar-refractivity contribution in [2.24, 2.45) is 5.92 Å². The van der Waals surface area contributed by atoms with Crippen molar-refractivity contribution in [2.75, 3.05) is 12.4 Å². The Hall–Kier alpha value is -1.32. The Kier molecular flexibility index (Phi) is 3.27. The number of rotatable bonds is 4. The number of aromatic nitrogens is 2. The third kappa shape index (κ3) is 2.43. The number of methoxy groups -OCH3 is 1. The van der Waals surface area contributed by atoms with Crippen molar-refractivity contribution in [1.82, 2.24) is 9.97 Å². The van der Waals surface area contributed by atoms with Crippen molar-refractivity contribution in [3.63, 3.8) is 0 Å². The van der Waals surface area contributed by atoms with E-state index in [0.717, 1.165) is 11.6 Å². The van der Waals surface area contributed by atoms with Gasteiger partial charge in [0.15, 0.2) is 0 Å². The van der Waals surface area contributed by atoms with Gasteiger partial charge in [-0.1, -0.05) is 6.42 Å². The van der Waals surface area contributed by atoms with Crippen LogP contribution >= 0.6 is 0 Å². The summed E-state index contributed by atoms with van der Waals surface area (Å²) in [5.41, 5.74) is 0.926. The van der Waals surface area contributed by atoms with E-state index in [1.807, 2.05) is 13.0 Å². The number of ether oxygens (including phenoxy) is 1. The summed E-state index contributed by atoms with van der Waals surface area (Å²) < 4.78 is 5.13. The molecule has 0 bridgehead atoms. The second-order valence-electron chi connectivity index (χ2n) is 4.50. The van der Waals surface area contributed by atoms with E-state index in [1.165, 1.54) is 19.3 Å². The lowest BCUT2D eigenvalue weighted by Crippen LogP contribution is -2.31. The standard InChI is InChI=1S/C12H19N3O/c1-8-7-11(16-3)15-12(13-8)14-9(2)10-5-4-6-10/h7,9-10H,4-6H2,1-3H3,(H,13,14,15). The van der Waals surface area contributed by atoms with Crippen LogP contribution in [0.15, 0.2) is 6.07 Å². The number of hydrogen-bond acceptors (Lipinski definition) is 4. The summed E-state index contributed by atoms with van der Waals surface area (Å²) in [6, 6.07) is 2.28. The second kappa shape index (κ2) is 4.68. The van der Waals surface area contributed by atoms with Crippen LogP contribution < -0.4 is 10.1 Å². The molecule has 1 saturated carbocycles. The number of aryl methyl sites for hydroxylation is 1. The lowest BCUT2D eigenvalue weighted by atomic mass is 9.80. The molecule has 1 heterocycles. The Morgan fingerprint density at radius 2 is 2.19 bits per heavy atom. The molecule has 1 unspecified atom stereocenters. The highest BCUT2D eigenvalue weighted by Gasteiger charge is 2.24. The molecule has 0 spiro atoms. The molecule has 2 rings (SSSR count). The van der Waals surface area contributed by atoms with Gasteiger partial charge in [-0.15, -0.1) is 0 Å². The van der Waals surface area contributed by atoms with E-state index in [9.17, 15) is 0 Å². The van der Waals surface area contributed by atoms with Gasteiger partial charge in [0.1, 0.15) is 0 Å². The average molecular weight is 221 g/mol.